The first-order valence-electron chi connectivity index (χ1n) is 9.65. The van der Waals surface area contributed by atoms with Gasteiger partial charge in [0.1, 0.15) is 31.0 Å². The normalized spacial score (nSPS) is 27.4. The third kappa shape index (κ3) is 8.38. The Morgan fingerprint density at radius 1 is 1.00 bits per heavy atom. The first-order valence-corrected chi connectivity index (χ1v) is 9.65. The van der Waals surface area contributed by atoms with Gasteiger partial charge in [0, 0.05) is 13.0 Å². The molecule has 0 saturated carbocycles. The molecule has 5 N–H and O–H groups in total. The van der Waals surface area contributed by atoms with Gasteiger partial charge >= 0.3 is 5.97 Å². The summed E-state index contributed by atoms with van der Waals surface area (Å²) in [5.41, 5.74) is 0. The average molecular weight is 407 g/mol. The van der Waals surface area contributed by atoms with Crippen LogP contribution < -0.4 is 5.32 Å². The van der Waals surface area contributed by atoms with Gasteiger partial charge in [-0.3, -0.25) is 9.59 Å². The van der Waals surface area contributed by atoms with Crippen molar-refractivity contribution in [2.24, 2.45) is 0 Å². The van der Waals surface area contributed by atoms with Gasteiger partial charge in [0.2, 0.25) is 5.91 Å². The summed E-state index contributed by atoms with van der Waals surface area (Å²) < 4.78 is 15.6. The van der Waals surface area contributed by atoms with Crippen molar-refractivity contribution in [3.8, 4) is 0 Å². The monoisotopic (exact) mass is 407 g/mol. The van der Waals surface area contributed by atoms with Crippen LogP contribution in [0.3, 0.4) is 0 Å². The highest BCUT2D eigenvalue weighted by Crippen LogP contribution is 2.22. The maximum Gasteiger partial charge on any atom is 0.305 e. The molecule has 0 aliphatic carbocycles. The summed E-state index contributed by atoms with van der Waals surface area (Å²) in [4.78, 5) is 22.4. The second kappa shape index (κ2) is 13.8. The number of methoxy groups -OCH3 is 1. The maximum absolute atomic E-state index is 11.4. The Morgan fingerprint density at radius 3 is 2.25 bits per heavy atom. The number of carbonyl (C=O) groups is 2. The molecule has 10 nitrogen and oxygen atoms in total. The zero-order valence-corrected chi connectivity index (χ0v) is 16.3. The van der Waals surface area contributed by atoms with Gasteiger partial charge in [-0.1, -0.05) is 25.7 Å². The molecule has 0 aromatic carbocycles. The van der Waals surface area contributed by atoms with Crippen LogP contribution in [0.1, 0.15) is 44.9 Å². The first kappa shape index (κ1) is 24.7. The number of aliphatic hydroxyl groups is 4. The summed E-state index contributed by atoms with van der Waals surface area (Å²) in [5.74, 6) is -0.930. The highest BCUT2D eigenvalue weighted by molar-refractivity contribution is 5.77. The van der Waals surface area contributed by atoms with Crippen molar-refractivity contribution in [3.63, 3.8) is 0 Å². The second-order valence-corrected chi connectivity index (χ2v) is 6.78. The molecule has 1 rings (SSSR count). The van der Waals surface area contributed by atoms with E-state index in [1.54, 1.807) is 0 Å². The van der Waals surface area contributed by atoms with Gasteiger partial charge in [-0.25, -0.2) is 0 Å². The van der Waals surface area contributed by atoms with Gasteiger partial charge in [-0.15, -0.1) is 0 Å². The van der Waals surface area contributed by atoms with E-state index in [4.69, 9.17) is 14.6 Å². The van der Waals surface area contributed by atoms with Crippen molar-refractivity contribution in [1.82, 2.24) is 5.32 Å². The number of carbonyl (C=O) groups excluding carboxylic acids is 2. The Kier molecular flexibility index (Phi) is 12.2. The van der Waals surface area contributed by atoms with Crippen LogP contribution in [0.5, 0.6) is 0 Å². The number of rotatable bonds is 13. The van der Waals surface area contributed by atoms with Crippen molar-refractivity contribution < 1.29 is 44.2 Å². The molecule has 1 saturated heterocycles. The van der Waals surface area contributed by atoms with Crippen molar-refractivity contribution in [3.05, 3.63) is 0 Å². The topological polar surface area (TPSA) is 155 Å². The molecule has 164 valence electrons. The standard InChI is InChI=1S/C18H33NO9/c1-26-14(23)8-6-4-2-3-5-7-9-27-18-15(19-13(22)11-21)17(25)16(24)12(10-20)28-18/h12,15-18,20-21,24-25H,2-11H2,1H3,(H,19,22)/t12?,15?,16-,17?,18+/m0/s1. The molecule has 28 heavy (non-hydrogen) atoms. The third-order valence-electron chi connectivity index (χ3n) is 4.64. The minimum absolute atomic E-state index is 0.197. The van der Waals surface area contributed by atoms with Gasteiger partial charge < -0.3 is 40.0 Å². The molecule has 0 bridgehead atoms. The quantitative estimate of drug-likeness (QED) is 0.187. The SMILES string of the molecule is COC(=O)CCCCCCCCO[C@@H]1OC(CO)[C@H](O)C(O)C1NC(=O)CO. The summed E-state index contributed by atoms with van der Waals surface area (Å²) in [6.07, 6.45) is 0.883. The molecule has 10 heteroatoms. The summed E-state index contributed by atoms with van der Waals surface area (Å²) in [5, 5.41) is 40.6. The predicted molar refractivity (Wildman–Crippen MR) is 97.1 cm³/mol. The number of hydrogen-bond acceptors (Lipinski definition) is 9. The lowest BCUT2D eigenvalue weighted by Crippen LogP contribution is -2.65. The Hall–Kier alpha value is -1.30. The number of hydrogen-bond donors (Lipinski definition) is 5. The third-order valence-corrected chi connectivity index (χ3v) is 4.64. The molecule has 0 aromatic rings. The van der Waals surface area contributed by atoms with E-state index in [1.807, 2.05) is 0 Å². The largest absolute Gasteiger partial charge is 0.469 e. The molecular formula is C18H33NO9. The van der Waals surface area contributed by atoms with E-state index in [0.717, 1.165) is 38.5 Å². The van der Waals surface area contributed by atoms with Gasteiger partial charge in [0.05, 0.1) is 13.7 Å². The van der Waals surface area contributed by atoms with Gasteiger partial charge in [-0.2, -0.15) is 0 Å². The Labute approximate surface area is 164 Å². The van der Waals surface area contributed by atoms with E-state index >= 15 is 0 Å². The van der Waals surface area contributed by atoms with E-state index < -0.39 is 49.8 Å². The lowest BCUT2D eigenvalue weighted by atomic mass is 9.97. The van der Waals surface area contributed by atoms with Crippen LogP contribution in [0.15, 0.2) is 0 Å². The molecule has 1 amide bonds. The average Bonchev–Trinajstić information content (AvgIpc) is 2.70. The lowest BCUT2D eigenvalue weighted by Gasteiger charge is -2.42. The molecular weight excluding hydrogens is 374 g/mol. The van der Waals surface area contributed by atoms with E-state index in [2.05, 4.69) is 10.1 Å². The fourth-order valence-corrected chi connectivity index (χ4v) is 2.99. The summed E-state index contributed by atoms with van der Waals surface area (Å²) in [7, 11) is 1.38. The molecule has 0 aromatic heterocycles. The summed E-state index contributed by atoms with van der Waals surface area (Å²) in [6, 6.07) is -1.06. The van der Waals surface area contributed by atoms with E-state index in [-0.39, 0.29) is 5.97 Å². The molecule has 1 fully saturated rings. The minimum atomic E-state index is -1.40. The van der Waals surface area contributed by atoms with E-state index in [0.29, 0.717) is 13.0 Å². The first-order chi connectivity index (χ1) is 13.4. The summed E-state index contributed by atoms with van der Waals surface area (Å²) in [6.45, 7) is -0.977. The number of esters is 1. The van der Waals surface area contributed by atoms with Crippen LogP contribution in [0.2, 0.25) is 0 Å². The van der Waals surface area contributed by atoms with Gasteiger partial charge in [0.25, 0.3) is 0 Å². The zero-order chi connectivity index (χ0) is 20.9. The molecule has 0 spiro atoms. The minimum Gasteiger partial charge on any atom is -0.469 e. The Bertz CT molecular complexity index is 462. The van der Waals surface area contributed by atoms with Crippen molar-refractivity contribution in [2.75, 3.05) is 26.9 Å². The number of aliphatic hydroxyl groups excluding tert-OH is 4. The van der Waals surface area contributed by atoms with E-state index in [1.165, 1.54) is 7.11 Å². The fourth-order valence-electron chi connectivity index (χ4n) is 2.99. The lowest BCUT2D eigenvalue weighted by molar-refractivity contribution is -0.270. The number of unbranched alkanes of at least 4 members (excludes halogenated alkanes) is 5. The Balaban J connectivity index is 2.32. The number of ether oxygens (including phenoxy) is 3. The van der Waals surface area contributed by atoms with Crippen LogP contribution in [-0.4, -0.2) is 89.9 Å². The van der Waals surface area contributed by atoms with Crippen molar-refractivity contribution in [1.29, 1.82) is 0 Å². The number of nitrogens with one attached hydrogen (secondary N) is 1. The van der Waals surface area contributed by atoms with Crippen LogP contribution in [0, 0.1) is 0 Å². The predicted octanol–water partition coefficient (Wildman–Crippen LogP) is -1.18. The smallest absolute Gasteiger partial charge is 0.305 e. The molecule has 5 atom stereocenters. The van der Waals surface area contributed by atoms with Crippen molar-refractivity contribution >= 4 is 11.9 Å². The highest BCUT2D eigenvalue weighted by Gasteiger charge is 2.45. The molecule has 0 radical (unpaired) electrons. The van der Waals surface area contributed by atoms with E-state index in [9.17, 15) is 24.9 Å². The van der Waals surface area contributed by atoms with Crippen LogP contribution >= 0.6 is 0 Å². The second-order valence-electron chi connectivity index (χ2n) is 6.78. The Morgan fingerprint density at radius 2 is 1.64 bits per heavy atom. The van der Waals surface area contributed by atoms with Gasteiger partial charge in [-0.05, 0) is 12.8 Å². The van der Waals surface area contributed by atoms with Crippen LogP contribution in [0.4, 0.5) is 0 Å². The molecule has 1 aliphatic heterocycles. The van der Waals surface area contributed by atoms with Crippen molar-refractivity contribution in [2.45, 2.75) is 75.6 Å². The fraction of sp³-hybridized carbons (Fsp3) is 0.889. The number of amides is 1. The summed E-state index contributed by atoms with van der Waals surface area (Å²) >= 11 is 0. The maximum atomic E-state index is 11.4. The molecule has 3 unspecified atom stereocenters. The highest BCUT2D eigenvalue weighted by atomic mass is 16.7. The van der Waals surface area contributed by atoms with Gasteiger partial charge in [0.15, 0.2) is 6.29 Å². The van der Waals surface area contributed by atoms with Crippen LogP contribution in [0.25, 0.3) is 0 Å². The molecule has 1 heterocycles. The van der Waals surface area contributed by atoms with Crippen LogP contribution in [-0.2, 0) is 23.8 Å². The zero-order valence-electron chi connectivity index (χ0n) is 16.3. The molecule has 1 aliphatic rings.